The van der Waals surface area contributed by atoms with Crippen molar-refractivity contribution in [3.63, 3.8) is 0 Å². The fraction of sp³-hybridized carbons (Fsp3) is 0.111. The van der Waals surface area contributed by atoms with Crippen molar-refractivity contribution < 1.29 is 4.39 Å². The average Bonchev–Trinajstić information content (AvgIpc) is 2.09. The van der Waals surface area contributed by atoms with Crippen LogP contribution >= 0.6 is 0 Å². The first-order chi connectivity index (χ1) is 5.83. The Kier molecular flexibility index (Phi) is 2.81. The maximum Gasteiger partial charge on any atom is 0.212 e. The lowest BCUT2D eigenvalue weighted by Gasteiger charge is -1.86. The summed E-state index contributed by atoms with van der Waals surface area (Å²) in [6, 6.07) is 4.63. The molecule has 0 aliphatic rings. The predicted molar refractivity (Wildman–Crippen MR) is 41.3 cm³/mol. The highest BCUT2D eigenvalue weighted by Crippen LogP contribution is 1.96. The summed E-state index contributed by atoms with van der Waals surface area (Å²) in [4.78, 5) is 3.41. The molecule has 58 valence electrons. The molecule has 1 aromatic rings. The van der Waals surface area contributed by atoms with Gasteiger partial charge in [0.1, 0.15) is 0 Å². The van der Waals surface area contributed by atoms with E-state index in [4.69, 9.17) is 5.26 Å². The van der Waals surface area contributed by atoms with Crippen molar-refractivity contribution in [1.82, 2.24) is 4.98 Å². The van der Waals surface area contributed by atoms with Crippen molar-refractivity contribution >= 4 is 0 Å². The van der Waals surface area contributed by atoms with Gasteiger partial charge in [0, 0.05) is 11.8 Å². The maximum absolute atomic E-state index is 12.3. The minimum absolute atomic E-state index is 0.178. The van der Waals surface area contributed by atoms with Crippen LogP contribution in [0.3, 0.4) is 0 Å². The summed E-state index contributed by atoms with van der Waals surface area (Å²) in [5.41, 5.74) is 0.617. The van der Waals surface area contributed by atoms with Crippen LogP contribution in [0, 0.1) is 29.1 Å². The molecule has 0 aliphatic carbocycles. The smallest absolute Gasteiger partial charge is 0.212 e. The van der Waals surface area contributed by atoms with E-state index in [-0.39, 0.29) is 6.42 Å². The molecule has 12 heavy (non-hydrogen) atoms. The Hall–Kier alpha value is -1.87. The third kappa shape index (κ3) is 2.40. The van der Waals surface area contributed by atoms with E-state index in [2.05, 4.69) is 16.8 Å². The van der Waals surface area contributed by atoms with Gasteiger partial charge in [0.2, 0.25) is 5.95 Å². The molecule has 2 nitrogen and oxygen atoms in total. The van der Waals surface area contributed by atoms with Crippen molar-refractivity contribution in [2.24, 2.45) is 0 Å². The number of pyridine rings is 1. The zero-order chi connectivity index (χ0) is 8.81. The summed E-state index contributed by atoms with van der Waals surface area (Å²) in [6.45, 7) is 0. The highest BCUT2D eigenvalue weighted by molar-refractivity contribution is 5.31. The van der Waals surface area contributed by atoms with Crippen LogP contribution in [0.15, 0.2) is 18.3 Å². The molecule has 0 aromatic carbocycles. The fourth-order valence-electron chi connectivity index (χ4n) is 0.636. The molecule has 1 aromatic heterocycles. The Morgan fingerprint density at radius 1 is 1.50 bits per heavy atom. The number of aromatic nitrogens is 1. The standard InChI is InChI=1S/C9H5FN2/c10-9-5-4-8(7-12-9)3-1-2-6-11/h4-5,7H,2H2. The van der Waals surface area contributed by atoms with E-state index in [0.717, 1.165) is 0 Å². The van der Waals surface area contributed by atoms with Gasteiger partial charge in [-0.05, 0) is 12.1 Å². The van der Waals surface area contributed by atoms with Crippen LogP contribution in [0.2, 0.25) is 0 Å². The molecule has 1 heterocycles. The van der Waals surface area contributed by atoms with Gasteiger partial charge in [0.05, 0.1) is 12.5 Å². The van der Waals surface area contributed by atoms with Crippen LogP contribution in [-0.4, -0.2) is 4.98 Å². The Morgan fingerprint density at radius 3 is 2.92 bits per heavy atom. The Balaban J connectivity index is 2.74. The molecule has 0 atom stereocenters. The van der Waals surface area contributed by atoms with Crippen LogP contribution in [0.5, 0.6) is 0 Å². The van der Waals surface area contributed by atoms with Gasteiger partial charge in [0.15, 0.2) is 0 Å². The molecule has 0 radical (unpaired) electrons. The monoisotopic (exact) mass is 160 g/mol. The van der Waals surface area contributed by atoms with Crippen molar-refractivity contribution in [2.75, 3.05) is 0 Å². The summed E-state index contributed by atoms with van der Waals surface area (Å²) in [6.07, 6.45) is 1.51. The average molecular weight is 160 g/mol. The van der Waals surface area contributed by atoms with Crippen LogP contribution in [0.1, 0.15) is 12.0 Å². The van der Waals surface area contributed by atoms with Gasteiger partial charge in [-0.15, -0.1) is 0 Å². The Labute approximate surface area is 69.7 Å². The lowest BCUT2D eigenvalue weighted by Crippen LogP contribution is -1.81. The third-order valence-electron chi connectivity index (χ3n) is 1.13. The van der Waals surface area contributed by atoms with Gasteiger partial charge in [-0.3, -0.25) is 0 Å². The second-order valence-corrected chi connectivity index (χ2v) is 2.01. The van der Waals surface area contributed by atoms with E-state index in [9.17, 15) is 4.39 Å². The number of halogens is 1. The first-order valence-corrected chi connectivity index (χ1v) is 3.30. The molecule has 0 bridgehead atoms. The van der Waals surface area contributed by atoms with Crippen LogP contribution in [0.25, 0.3) is 0 Å². The molecular weight excluding hydrogens is 155 g/mol. The molecule has 0 unspecified atom stereocenters. The van der Waals surface area contributed by atoms with Crippen molar-refractivity contribution in [3.05, 3.63) is 29.8 Å². The summed E-state index contributed by atoms with van der Waals surface area (Å²) in [5, 5.41) is 8.16. The van der Waals surface area contributed by atoms with Crippen molar-refractivity contribution in [3.8, 4) is 17.9 Å². The minimum atomic E-state index is -0.527. The van der Waals surface area contributed by atoms with E-state index in [1.165, 1.54) is 18.3 Å². The lowest BCUT2D eigenvalue weighted by atomic mass is 10.3. The van der Waals surface area contributed by atoms with Gasteiger partial charge in [-0.25, -0.2) is 4.98 Å². The lowest BCUT2D eigenvalue weighted by molar-refractivity contribution is 0.583. The van der Waals surface area contributed by atoms with Crippen LogP contribution in [-0.2, 0) is 0 Å². The van der Waals surface area contributed by atoms with Gasteiger partial charge in [-0.2, -0.15) is 9.65 Å². The van der Waals surface area contributed by atoms with E-state index in [0.29, 0.717) is 5.56 Å². The summed E-state index contributed by atoms with van der Waals surface area (Å²) in [7, 11) is 0. The SMILES string of the molecule is N#CCC#Cc1ccc(F)nc1. The topological polar surface area (TPSA) is 36.7 Å². The predicted octanol–water partition coefficient (Wildman–Crippen LogP) is 1.49. The van der Waals surface area contributed by atoms with Gasteiger partial charge < -0.3 is 0 Å². The highest BCUT2D eigenvalue weighted by Gasteiger charge is 1.88. The molecule has 0 saturated carbocycles. The number of hydrogen-bond acceptors (Lipinski definition) is 2. The van der Waals surface area contributed by atoms with Gasteiger partial charge in [-0.1, -0.05) is 11.8 Å². The summed E-state index contributed by atoms with van der Waals surface area (Å²) < 4.78 is 12.3. The molecular formula is C9H5FN2. The molecule has 3 heteroatoms. The number of hydrogen-bond donors (Lipinski definition) is 0. The zero-order valence-electron chi connectivity index (χ0n) is 6.21. The maximum atomic E-state index is 12.3. The summed E-state index contributed by atoms with van der Waals surface area (Å²) >= 11 is 0. The molecule has 0 aliphatic heterocycles. The molecule has 0 saturated heterocycles. The first kappa shape index (κ1) is 8.23. The molecule has 0 spiro atoms. The normalized spacial score (nSPS) is 8.00. The zero-order valence-corrected chi connectivity index (χ0v) is 6.21. The largest absolute Gasteiger partial charge is 0.227 e. The van der Waals surface area contributed by atoms with Crippen LogP contribution in [0.4, 0.5) is 4.39 Å². The second-order valence-electron chi connectivity index (χ2n) is 2.01. The third-order valence-corrected chi connectivity index (χ3v) is 1.13. The first-order valence-electron chi connectivity index (χ1n) is 3.30. The van der Waals surface area contributed by atoms with Crippen LogP contribution < -0.4 is 0 Å². The van der Waals surface area contributed by atoms with Crippen molar-refractivity contribution in [2.45, 2.75) is 6.42 Å². The Morgan fingerprint density at radius 2 is 2.33 bits per heavy atom. The second kappa shape index (κ2) is 4.10. The van der Waals surface area contributed by atoms with E-state index in [1.807, 2.05) is 6.07 Å². The quantitative estimate of drug-likeness (QED) is 0.426. The number of nitrogens with zero attached hydrogens (tertiary/aromatic N) is 2. The Bertz CT molecular complexity index is 351. The number of rotatable bonds is 0. The molecule has 0 fully saturated rings. The van der Waals surface area contributed by atoms with Gasteiger partial charge in [0.25, 0.3) is 0 Å². The number of nitriles is 1. The van der Waals surface area contributed by atoms with E-state index < -0.39 is 5.95 Å². The summed E-state index contributed by atoms with van der Waals surface area (Å²) in [5.74, 6) is 4.74. The fourth-order valence-corrected chi connectivity index (χ4v) is 0.636. The highest BCUT2D eigenvalue weighted by atomic mass is 19.1. The molecule has 1 rings (SSSR count). The van der Waals surface area contributed by atoms with E-state index in [1.54, 1.807) is 0 Å². The van der Waals surface area contributed by atoms with E-state index >= 15 is 0 Å². The molecule has 0 amide bonds. The molecule has 0 N–H and O–H groups in total. The minimum Gasteiger partial charge on any atom is -0.227 e. The van der Waals surface area contributed by atoms with Gasteiger partial charge >= 0.3 is 0 Å². The van der Waals surface area contributed by atoms with Crippen molar-refractivity contribution in [1.29, 1.82) is 5.26 Å².